The molecule has 0 saturated heterocycles. The van der Waals surface area contributed by atoms with Gasteiger partial charge in [0.1, 0.15) is 5.82 Å². The number of ether oxygens (including phenoxy) is 1. The quantitative estimate of drug-likeness (QED) is 0.284. The van der Waals surface area contributed by atoms with Crippen molar-refractivity contribution in [2.24, 2.45) is 10.9 Å². The van der Waals surface area contributed by atoms with Crippen LogP contribution in [0.1, 0.15) is 57.2 Å². The van der Waals surface area contributed by atoms with Crippen molar-refractivity contribution in [2.75, 3.05) is 44.6 Å². The summed E-state index contributed by atoms with van der Waals surface area (Å²) in [5.74, 6) is 0.0964. The molecule has 8 nitrogen and oxygen atoms in total. The number of nitrogens with zero attached hydrogens (tertiary/aromatic N) is 2. The third-order valence-corrected chi connectivity index (χ3v) is 5.97. The number of carboxylic acids is 1. The first kappa shape index (κ1) is 26.5. The molecule has 1 unspecified atom stereocenters. The maximum absolute atomic E-state index is 12.9. The number of amides is 1. The Bertz CT molecular complexity index is 758. The van der Waals surface area contributed by atoms with Gasteiger partial charge in [-0.2, -0.15) is 0 Å². The van der Waals surface area contributed by atoms with Crippen LogP contribution in [0.4, 0.5) is 5.82 Å². The molecule has 0 spiro atoms. The topological polar surface area (TPSA) is 118 Å². The fourth-order valence-corrected chi connectivity index (χ4v) is 4.18. The molecular weight excluding hydrogens is 427 g/mol. The Morgan fingerprint density at radius 2 is 2.09 bits per heavy atom. The van der Waals surface area contributed by atoms with Crippen LogP contribution >= 0.6 is 8.07 Å². The van der Waals surface area contributed by atoms with E-state index in [2.05, 4.69) is 17.4 Å². The van der Waals surface area contributed by atoms with Crippen LogP contribution in [0.2, 0.25) is 0 Å². The van der Waals surface area contributed by atoms with E-state index in [0.29, 0.717) is 25.9 Å². The van der Waals surface area contributed by atoms with E-state index in [9.17, 15) is 9.59 Å². The molecule has 1 atom stereocenters. The van der Waals surface area contributed by atoms with Crippen molar-refractivity contribution < 1.29 is 19.4 Å². The smallest absolute Gasteiger partial charge is 0.305 e. The predicted octanol–water partition coefficient (Wildman–Crippen LogP) is 3.44. The minimum absolute atomic E-state index is 0.00374. The first-order valence-electron chi connectivity index (χ1n) is 11.4. The van der Waals surface area contributed by atoms with E-state index in [-0.39, 0.29) is 24.3 Å². The van der Waals surface area contributed by atoms with Crippen molar-refractivity contribution in [1.29, 1.82) is 0 Å². The number of pyridine rings is 1. The molecule has 2 heterocycles. The number of aryl methyl sites for hydroxylation is 2. The second-order valence-corrected chi connectivity index (χ2v) is 11.2. The number of carbonyl (C=O) groups excluding carboxylic acids is 1. The summed E-state index contributed by atoms with van der Waals surface area (Å²) in [6, 6.07) is 4.23. The van der Waals surface area contributed by atoms with E-state index in [0.717, 1.165) is 50.2 Å². The molecular formula is C23H39N4O4P. The Kier molecular flexibility index (Phi) is 10.8. The lowest BCUT2D eigenvalue weighted by Gasteiger charge is -2.32. The zero-order valence-electron chi connectivity index (χ0n) is 19.7. The van der Waals surface area contributed by atoms with Crippen molar-refractivity contribution in [3.63, 3.8) is 0 Å². The second-order valence-electron chi connectivity index (χ2n) is 9.41. The van der Waals surface area contributed by atoms with Crippen molar-refractivity contribution in [2.45, 2.75) is 58.8 Å². The van der Waals surface area contributed by atoms with E-state index in [1.807, 2.05) is 20.5 Å². The van der Waals surface area contributed by atoms with Gasteiger partial charge in [-0.1, -0.05) is 19.9 Å². The van der Waals surface area contributed by atoms with E-state index in [1.165, 1.54) is 5.56 Å². The normalized spacial score (nSPS) is 14.4. The van der Waals surface area contributed by atoms with Gasteiger partial charge in [0, 0.05) is 37.2 Å². The van der Waals surface area contributed by atoms with Gasteiger partial charge in [-0.25, -0.2) is 4.98 Å². The first-order chi connectivity index (χ1) is 15.2. The molecule has 180 valence electrons. The molecule has 1 amide bonds. The van der Waals surface area contributed by atoms with Gasteiger partial charge in [-0.15, -0.1) is 0 Å². The van der Waals surface area contributed by atoms with Crippen LogP contribution in [-0.2, 0) is 27.2 Å². The maximum atomic E-state index is 12.9. The minimum Gasteiger partial charge on any atom is -0.481 e. The van der Waals surface area contributed by atoms with Crippen LogP contribution < -0.4 is 10.8 Å². The average Bonchev–Trinajstić information content (AvgIpc) is 2.73. The number of nitrogens with two attached hydrogens (primary N) is 1. The summed E-state index contributed by atoms with van der Waals surface area (Å²) in [6.07, 6.45) is 5.53. The highest BCUT2D eigenvalue weighted by molar-refractivity contribution is 7.54. The second kappa shape index (κ2) is 13.1. The van der Waals surface area contributed by atoms with Gasteiger partial charge >= 0.3 is 5.97 Å². The summed E-state index contributed by atoms with van der Waals surface area (Å²) < 4.78 is 5.69. The van der Waals surface area contributed by atoms with Crippen molar-refractivity contribution in [1.82, 2.24) is 9.88 Å². The monoisotopic (exact) mass is 466 g/mol. The number of rotatable bonds is 14. The lowest BCUT2D eigenvalue weighted by molar-refractivity contribution is -0.139. The van der Waals surface area contributed by atoms with Gasteiger partial charge in [0.2, 0.25) is 5.91 Å². The van der Waals surface area contributed by atoms with Crippen LogP contribution in [0, 0.1) is 5.41 Å². The van der Waals surface area contributed by atoms with E-state index in [4.69, 9.17) is 20.3 Å². The Hall–Kier alpha value is -1.76. The van der Waals surface area contributed by atoms with Crippen LogP contribution in [0.5, 0.6) is 0 Å². The Morgan fingerprint density at radius 1 is 1.31 bits per heavy atom. The van der Waals surface area contributed by atoms with Gasteiger partial charge in [0.05, 0.1) is 19.4 Å². The van der Waals surface area contributed by atoms with Gasteiger partial charge in [0.25, 0.3) is 0 Å². The SMILES string of the molecule is CP(N)COCC(C)(C)CN(CCC(=O)O)C(=O)CCCCc1ccc2c(n1)NCCC2. The summed E-state index contributed by atoms with van der Waals surface area (Å²) in [4.78, 5) is 30.3. The molecule has 0 aromatic carbocycles. The van der Waals surface area contributed by atoms with Gasteiger partial charge in [-0.05, 0) is 58.5 Å². The third kappa shape index (κ3) is 9.80. The van der Waals surface area contributed by atoms with E-state index >= 15 is 0 Å². The molecule has 0 radical (unpaired) electrons. The van der Waals surface area contributed by atoms with Crippen molar-refractivity contribution >= 4 is 25.8 Å². The first-order valence-corrected chi connectivity index (χ1v) is 13.5. The summed E-state index contributed by atoms with van der Waals surface area (Å²) >= 11 is 0. The van der Waals surface area contributed by atoms with Gasteiger partial charge < -0.3 is 25.6 Å². The molecule has 1 aliphatic rings. The molecule has 0 fully saturated rings. The molecule has 0 aliphatic carbocycles. The molecule has 9 heteroatoms. The highest BCUT2D eigenvalue weighted by Crippen LogP contribution is 2.24. The fraction of sp³-hybridized carbons (Fsp3) is 0.696. The van der Waals surface area contributed by atoms with Crippen LogP contribution in [0.25, 0.3) is 0 Å². The van der Waals surface area contributed by atoms with E-state index < -0.39 is 14.0 Å². The van der Waals surface area contributed by atoms with Gasteiger partial charge in [0.15, 0.2) is 0 Å². The van der Waals surface area contributed by atoms with E-state index in [1.54, 1.807) is 4.90 Å². The summed E-state index contributed by atoms with van der Waals surface area (Å²) in [6.45, 7) is 8.12. The Labute approximate surface area is 193 Å². The maximum Gasteiger partial charge on any atom is 0.305 e. The standard InChI is InChI=1S/C23H39N4O4P/c1-23(2,16-31-17-32(3)24)15-27(14-12-21(29)30)20(28)9-5-4-8-19-11-10-18-7-6-13-25-22(18)26-19/h10-11H,4-9,12-17,24H2,1-3H3,(H,25,26)(H,29,30). The summed E-state index contributed by atoms with van der Waals surface area (Å²) in [7, 11) is -0.624. The summed E-state index contributed by atoms with van der Waals surface area (Å²) in [5.41, 5.74) is 7.84. The number of nitrogens with one attached hydrogen (secondary N) is 1. The molecule has 1 aliphatic heterocycles. The zero-order chi connectivity index (χ0) is 23.6. The van der Waals surface area contributed by atoms with Crippen molar-refractivity contribution in [3.05, 3.63) is 23.4 Å². The molecule has 32 heavy (non-hydrogen) atoms. The number of unbranched alkanes of at least 4 members (excludes halogenated alkanes) is 1. The number of aromatic nitrogens is 1. The number of aliphatic carboxylic acids is 1. The molecule has 1 aromatic heterocycles. The van der Waals surface area contributed by atoms with Crippen LogP contribution in [0.15, 0.2) is 12.1 Å². The molecule has 0 bridgehead atoms. The molecule has 0 saturated carbocycles. The molecule has 4 N–H and O–H groups in total. The van der Waals surface area contributed by atoms with Crippen molar-refractivity contribution in [3.8, 4) is 0 Å². The highest BCUT2D eigenvalue weighted by Gasteiger charge is 2.26. The number of anilines is 1. The number of hydrogen-bond acceptors (Lipinski definition) is 6. The lowest BCUT2D eigenvalue weighted by atomic mass is 9.93. The average molecular weight is 467 g/mol. The fourth-order valence-electron chi connectivity index (χ4n) is 3.80. The molecule has 1 aromatic rings. The van der Waals surface area contributed by atoms with Gasteiger partial charge in [-0.3, -0.25) is 9.59 Å². The number of carbonyl (C=O) groups is 2. The predicted molar refractivity (Wildman–Crippen MR) is 129 cm³/mol. The summed E-state index contributed by atoms with van der Waals surface area (Å²) in [5, 5.41) is 12.4. The Morgan fingerprint density at radius 3 is 2.81 bits per heavy atom. The third-order valence-electron chi connectivity index (χ3n) is 5.38. The number of fused-ring (bicyclic) bond motifs is 1. The minimum atomic E-state index is -0.899. The highest BCUT2D eigenvalue weighted by atomic mass is 31.1. The lowest BCUT2D eigenvalue weighted by Crippen LogP contribution is -2.42. The Balaban J connectivity index is 1.82. The van der Waals surface area contributed by atoms with Crippen LogP contribution in [0.3, 0.4) is 0 Å². The number of carboxylic acid groups (broad SMARTS) is 1. The zero-order valence-corrected chi connectivity index (χ0v) is 20.6. The largest absolute Gasteiger partial charge is 0.481 e. The number of hydrogen-bond donors (Lipinski definition) is 3. The molecule has 2 rings (SSSR count). The van der Waals surface area contributed by atoms with Crippen LogP contribution in [-0.4, -0.2) is 66.1 Å².